The molecule has 78 heavy (non-hydrogen) atoms. The van der Waals surface area contributed by atoms with Crippen molar-refractivity contribution in [2.75, 3.05) is 0 Å². The maximum atomic E-state index is 12.3. The highest BCUT2D eigenvalue weighted by atomic mass is 16.7. The lowest BCUT2D eigenvalue weighted by Crippen LogP contribution is -2.23. The van der Waals surface area contributed by atoms with Gasteiger partial charge in [-0.1, -0.05) is 129 Å². The van der Waals surface area contributed by atoms with E-state index in [0.717, 1.165) is 22.8 Å². The monoisotopic (exact) mass is 1050 g/mol. The van der Waals surface area contributed by atoms with Crippen LogP contribution >= 0.6 is 0 Å². The van der Waals surface area contributed by atoms with Crippen LogP contribution in [0.15, 0.2) is 194 Å². The summed E-state index contributed by atoms with van der Waals surface area (Å²) in [5, 5.41) is 80.4. The van der Waals surface area contributed by atoms with Gasteiger partial charge < -0.3 is 55.4 Å². The van der Waals surface area contributed by atoms with Gasteiger partial charge in [-0.3, -0.25) is 9.59 Å². The van der Waals surface area contributed by atoms with Crippen LogP contribution in [0.1, 0.15) is 83.1 Å². The summed E-state index contributed by atoms with van der Waals surface area (Å²) in [5.41, 5.74) is 4.33. The Morgan fingerprint density at radius 1 is 0.423 bits per heavy atom. The molecule has 392 valence electrons. The van der Waals surface area contributed by atoms with E-state index in [-0.39, 0.29) is 62.4 Å². The van der Waals surface area contributed by atoms with E-state index >= 15 is 0 Å². The molecule has 0 aromatic heterocycles. The molecule has 8 rings (SSSR count). The largest absolute Gasteiger partial charge is 0.508 e. The number of aryl methyl sites for hydroxylation is 1. The summed E-state index contributed by atoms with van der Waals surface area (Å²) in [6.45, 7) is 5.98. The van der Waals surface area contributed by atoms with Gasteiger partial charge in [0.05, 0.1) is 11.1 Å². The predicted molar refractivity (Wildman–Crippen MR) is 288 cm³/mol. The summed E-state index contributed by atoms with van der Waals surface area (Å²) in [6, 6.07) is 53.3. The van der Waals surface area contributed by atoms with Gasteiger partial charge in [-0.2, -0.15) is 0 Å². The number of carbonyl (C=O) groups excluding carboxylic acids is 4. The summed E-state index contributed by atoms with van der Waals surface area (Å²) in [4.78, 5) is 48.6. The maximum Gasteiger partial charge on any atom is 0.347 e. The molecule has 0 unspecified atom stereocenters. The molecule has 0 aliphatic carbocycles. The van der Waals surface area contributed by atoms with Crippen molar-refractivity contribution in [1.29, 1.82) is 0 Å². The average molecular weight is 1050 g/mol. The van der Waals surface area contributed by atoms with Crippen molar-refractivity contribution in [2.45, 2.75) is 32.2 Å². The summed E-state index contributed by atoms with van der Waals surface area (Å²) in [7, 11) is 0. The van der Waals surface area contributed by atoms with Gasteiger partial charge in [0.25, 0.3) is 0 Å². The Hall–Kier alpha value is -10.6. The van der Waals surface area contributed by atoms with Gasteiger partial charge in [-0.15, -0.1) is 0 Å². The molecule has 0 aliphatic heterocycles. The highest BCUT2D eigenvalue weighted by molar-refractivity contribution is 6.11. The Bertz CT molecular complexity index is 3360. The van der Waals surface area contributed by atoms with E-state index < -0.39 is 17.9 Å². The first kappa shape index (κ1) is 58.3. The fourth-order valence-electron chi connectivity index (χ4n) is 6.90. The second kappa shape index (κ2) is 27.6. The molecule has 15 heteroatoms. The van der Waals surface area contributed by atoms with Crippen molar-refractivity contribution in [3.8, 4) is 76.0 Å². The molecule has 0 saturated heterocycles. The molecule has 0 radical (unpaired) electrons. The van der Waals surface area contributed by atoms with Gasteiger partial charge in [-0.05, 0) is 108 Å². The zero-order chi connectivity index (χ0) is 56.8. The van der Waals surface area contributed by atoms with Crippen molar-refractivity contribution >= 4 is 23.5 Å². The molecular formula is C63H50O15. The Morgan fingerprint density at radius 2 is 0.821 bits per heavy atom. The van der Waals surface area contributed by atoms with Crippen molar-refractivity contribution in [3.05, 3.63) is 244 Å². The van der Waals surface area contributed by atoms with E-state index in [2.05, 4.69) is 13.8 Å². The number of hydrogen-bond donors (Lipinski definition) is 9. The zero-order valence-electron chi connectivity index (χ0n) is 41.9. The van der Waals surface area contributed by atoms with E-state index in [9.17, 15) is 39.6 Å². The van der Waals surface area contributed by atoms with Crippen LogP contribution in [0.5, 0.6) is 40.2 Å². The lowest BCUT2D eigenvalue weighted by Gasteiger charge is -2.26. The van der Waals surface area contributed by atoms with E-state index in [1.807, 2.05) is 73.1 Å². The zero-order valence-corrected chi connectivity index (χ0v) is 41.9. The van der Waals surface area contributed by atoms with Crippen LogP contribution in [0.3, 0.4) is 0 Å². The van der Waals surface area contributed by atoms with Gasteiger partial charge >= 0.3 is 17.9 Å². The van der Waals surface area contributed by atoms with Gasteiger partial charge in [-0.25, -0.2) is 9.59 Å². The van der Waals surface area contributed by atoms with Crippen LogP contribution < -0.4 is 9.47 Å². The smallest absolute Gasteiger partial charge is 0.347 e. The molecule has 0 atom stereocenters. The van der Waals surface area contributed by atoms with Crippen LogP contribution in [-0.2, 0) is 5.41 Å². The number of para-hydroxylation sites is 2. The highest BCUT2D eigenvalue weighted by Gasteiger charge is 2.24. The lowest BCUT2D eigenvalue weighted by molar-refractivity contribution is -0.265. The number of benzene rings is 8. The Balaban J connectivity index is 0.000000216. The molecule has 8 aromatic rings. The molecular weight excluding hydrogens is 997 g/mol. The molecule has 0 saturated carbocycles. The van der Waals surface area contributed by atoms with Crippen molar-refractivity contribution < 1.29 is 74.6 Å². The van der Waals surface area contributed by atoms with E-state index in [4.69, 9.17) is 35.0 Å². The predicted octanol–water partition coefficient (Wildman–Crippen LogP) is 9.08. The molecule has 0 heterocycles. The van der Waals surface area contributed by atoms with Crippen LogP contribution in [0.4, 0.5) is 0 Å². The summed E-state index contributed by atoms with van der Waals surface area (Å²) < 4.78 is 10.8. The topological polar surface area (TPSA) is 269 Å². The molecule has 0 aliphatic rings. The first-order valence-corrected chi connectivity index (χ1v) is 23.2. The minimum Gasteiger partial charge on any atom is -0.508 e. The summed E-state index contributed by atoms with van der Waals surface area (Å²) in [5.74, 6) is 4.95. The molecule has 8 aromatic carbocycles. The minimum absolute atomic E-state index is 0.0360. The van der Waals surface area contributed by atoms with Crippen LogP contribution in [0, 0.1) is 42.6 Å². The number of rotatable bonds is 10. The van der Waals surface area contributed by atoms with E-state index in [1.165, 1.54) is 42.5 Å². The lowest BCUT2D eigenvalue weighted by atomic mass is 9.78. The highest BCUT2D eigenvalue weighted by Crippen LogP contribution is 2.34. The van der Waals surface area contributed by atoms with Crippen molar-refractivity contribution in [1.82, 2.24) is 0 Å². The first-order chi connectivity index (χ1) is 37.2. The second-order valence-corrected chi connectivity index (χ2v) is 17.0. The SMILES string of the molecule is CC(C)(c1ccc(OC(=O)c2ccccc2O)cc1)c1ccc(OC(=O)c2ccccc2O)cc1.Cc1ccc(C(=O)c2ccccc2)c(O)c1.O=C(c1ccccc1)c1ccc(O)cc1O.OC#CC#CC#CC(O)(O)O. The quantitative estimate of drug-likeness (QED) is 0.0203. The number of phenolic OH excluding ortho intramolecular Hbond substituents is 5. The third-order valence-corrected chi connectivity index (χ3v) is 11.0. The van der Waals surface area contributed by atoms with Gasteiger partial charge in [0.2, 0.25) is 0 Å². The van der Waals surface area contributed by atoms with Gasteiger partial charge in [0.15, 0.2) is 11.6 Å². The number of ketones is 2. The fraction of sp³-hybridized carbons (Fsp3) is 0.0794. The maximum absolute atomic E-state index is 12.3. The number of esters is 2. The summed E-state index contributed by atoms with van der Waals surface area (Å²) >= 11 is 0. The first-order valence-electron chi connectivity index (χ1n) is 23.2. The Labute approximate surface area is 448 Å². The van der Waals surface area contributed by atoms with Crippen LogP contribution in [0.2, 0.25) is 0 Å². The van der Waals surface area contributed by atoms with Crippen molar-refractivity contribution in [3.63, 3.8) is 0 Å². The molecule has 0 amide bonds. The van der Waals surface area contributed by atoms with E-state index in [1.54, 1.807) is 115 Å². The number of carbonyl (C=O) groups is 4. The van der Waals surface area contributed by atoms with Crippen LogP contribution in [0.25, 0.3) is 0 Å². The second-order valence-electron chi connectivity index (χ2n) is 17.0. The van der Waals surface area contributed by atoms with Gasteiger partial charge in [0.1, 0.15) is 57.5 Å². The molecule has 0 spiro atoms. The number of aliphatic hydroxyl groups excluding tert-OH is 1. The Kier molecular flexibility index (Phi) is 20.6. The third-order valence-electron chi connectivity index (χ3n) is 11.0. The molecule has 0 bridgehead atoms. The molecule has 15 nitrogen and oxygen atoms in total. The molecule has 9 N–H and O–H groups in total. The average Bonchev–Trinajstić information content (AvgIpc) is 3.42. The molecule has 0 fully saturated rings. The summed E-state index contributed by atoms with van der Waals surface area (Å²) in [6.07, 6.45) is 1.49. The normalized spacial score (nSPS) is 10.1. The van der Waals surface area contributed by atoms with Gasteiger partial charge in [0, 0.05) is 40.4 Å². The van der Waals surface area contributed by atoms with Crippen molar-refractivity contribution in [2.24, 2.45) is 0 Å². The fourth-order valence-corrected chi connectivity index (χ4v) is 6.90. The number of phenols is 5. The number of aromatic hydroxyl groups is 5. The minimum atomic E-state index is -3.03. The van der Waals surface area contributed by atoms with Crippen LogP contribution in [-0.4, -0.2) is 75.4 Å². The standard InChI is InChI=1S/C29H24O6.C14H12O2.C13H10O3.C7H4O4/c1-29(2,19-11-15-21(16-12-19)34-27(32)23-7-3-5-9-25(23)30)20-13-17-22(18-14-20)35-28(33)24-8-4-6-10-26(24)31;1-10-7-8-12(13(15)9-10)14(16)11-5-3-2-4-6-11;14-10-6-7-11(12(15)8-10)13(16)9-4-2-1-3-5-9;8-6-4-2-1-3-5-7(9,10)11/h3-18,30-31H,1-2H3;2-9,15H,1H3;1-8,14-15H;8-11H. The third kappa shape index (κ3) is 17.2. The van der Waals surface area contributed by atoms with E-state index in [0.29, 0.717) is 28.2 Å². The Morgan fingerprint density at radius 3 is 1.22 bits per heavy atom. The number of hydrogen-bond acceptors (Lipinski definition) is 15. The number of aliphatic hydroxyl groups is 4. The number of ether oxygens (including phenoxy) is 2.